The summed E-state index contributed by atoms with van der Waals surface area (Å²) in [5.74, 6) is -0.704. The predicted octanol–water partition coefficient (Wildman–Crippen LogP) is 3.73. The Morgan fingerprint density at radius 1 is 1.00 bits per heavy atom. The zero-order valence-electron chi connectivity index (χ0n) is 21.7. The number of anilines is 1. The number of aromatic nitrogens is 5. The summed E-state index contributed by atoms with van der Waals surface area (Å²) >= 11 is 0. The standard InChI is InChI=1S/C27H30F2N6O3/c1-26(2,36)27(3,37)23-12-20-21(14-30-23)32-24(16-13-31-34(4)15-16)25(33-20)35-9-7-18(8-10-35)38-22-6-5-17(28)11-19(22)29/h5-6,11-15,18,36-37H,7-10H2,1-4H3/t27-/m0/s1. The van der Waals surface area contributed by atoms with E-state index in [0.29, 0.717) is 48.5 Å². The first-order valence-corrected chi connectivity index (χ1v) is 12.4. The number of piperidine rings is 1. The number of fused-ring (bicyclic) bond motifs is 1. The summed E-state index contributed by atoms with van der Waals surface area (Å²) in [4.78, 5) is 16.2. The van der Waals surface area contributed by atoms with Crippen LogP contribution >= 0.6 is 0 Å². The molecule has 0 unspecified atom stereocenters. The lowest BCUT2D eigenvalue weighted by Crippen LogP contribution is -2.45. The fourth-order valence-corrected chi connectivity index (χ4v) is 4.42. The maximum Gasteiger partial charge on any atom is 0.167 e. The van der Waals surface area contributed by atoms with Crippen LogP contribution in [0.4, 0.5) is 14.6 Å². The number of ether oxygens (including phenoxy) is 1. The van der Waals surface area contributed by atoms with Gasteiger partial charge in [-0.1, -0.05) is 0 Å². The molecule has 4 aromatic rings. The number of nitrogens with zero attached hydrogens (tertiary/aromatic N) is 6. The van der Waals surface area contributed by atoms with Gasteiger partial charge in [0.05, 0.1) is 29.2 Å². The van der Waals surface area contributed by atoms with Crippen LogP contribution in [0.25, 0.3) is 22.3 Å². The van der Waals surface area contributed by atoms with Crippen LogP contribution in [-0.4, -0.2) is 59.7 Å². The van der Waals surface area contributed by atoms with Crippen molar-refractivity contribution in [2.45, 2.75) is 50.9 Å². The van der Waals surface area contributed by atoms with Crippen LogP contribution in [0.15, 0.2) is 42.9 Å². The normalized spacial score (nSPS) is 16.6. The Bertz CT molecular complexity index is 1480. The number of benzene rings is 1. The van der Waals surface area contributed by atoms with Crippen molar-refractivity contribution in [1.29, 1.82) is 0 Å². The smallest absolute Gasteiger partial charge is 0.167 e. The van der Waals surface area contributed by atoms with Gasteiger partial charge in [-0.25, -0.2) is 18.7 Å². The fraction of sp³-hybridized carbons (Fsp3) is 0.407. The van der Waals surface area contributed by atoms with E-state index in [4.69, 9.17) is 14.7 Å². The Hall–Kier alpha value is -3.70. The van der Waals surface area contributed by atoms with E-state index in [1.54, 1.807) is 23.1 Å². The van der Waals surface area contributed by atoms with Crippen molar-refractivity contribution in [2.75, 3.05) is 18.0 Å². The third-order valence-corrected chi connectivity index (χ3v) is 7.13. The first-order valence-electron chi connectivity index (χ1n) is 12.4. The van der Waals surface area contributed by atoms with Gasteiger partial charge in [0, 0.05) is 50.8 Å². The molecular formula is C27H30F2N6O3. The minimum absolute atomic E-state index is 0.0327. The van der Waals surface area contributed by atoms with Gasteiger partial charge in [-0.15, -0.1) is 0 Å². The van der Waals surface area contributed by atoms with Gasteiger partial charge in [0.25, 0.3) is 0 Å². The Labute approximate surface area is 218 Å². The Morgan fingerprint density at radius 3 is 2.37 bits per heavy atom. The highest BCUT2D eigenvalue weighted by Crippen LogP contribution is 2.35. The number of hydrogen-bond donors (Lipinski definition) is 2. The van der Waals surface area contributed by atoms with Crippen molar-refractivity contribution in [3.05, 3.63) is 60.2 Å². The van der Waals surface area contributed by atoms with Crippen LogP contribution in [0.1, 0.15) is 39.3 Å². The van der Waals surface area contributed by atoms with Gasteiger partial charge < -0.3 is 19.8 Å². The number of rotatable bonds is 6. The van der Waals surface area contributed by atoms with Crippen LogP contribution in [-0.2, 0) is 12.6 Å². The zero-order valence-corrected chi connectivity index (χ0v) is 21.7. The van der Waals surface area contributed by atoms with E-state index in [-0.39, 0.29) is 17.5 Å². The Kier molecular flexibility index (Phi) is 6.52. The fourth-order valence-electron chi connectivity index (χ4n) is 4.42. The third-order valence-electron chi connectivity index (χ3n) is 7.13. The third kappa shape index (κ3) is 4.91. The first-order chi connectivity index (χ1) is 17.9. The maximum atomic E-state index is 14.1. The van der Waals surface area contributed by atoms with E-state index in [1.807, 2.05) is 13.2 Å². The summed E-state index contributed by atoms with van der Waals surface area (Å²) in [5, 5.41) is 25.7. The minimum Gasteiger partial charge on any atom is -0.487 e. The lowest BCUT2D eigenvalue weighted by Gasteiger charge is -2.35. The van der Waals surface area contributed by atoms with Gasteiger partial charge in [0.15, 0.2) is 17.4 Å². The van der Waals surface area contributed by atoms with E-state index in [0.717, 1.165) is 11.6 Å². The van der Waals surface area contributed by atoms with Gasteiger partial charge in [-0.2, -0.15) is 5.10 Å². The summed E-state index contributed by atoms with van der Waals surface area (Å²) in [6.07, 6.45) is 6.06. The molecule has 38 heavy (non-hydrogen) atoms. The largest absolute Gasteiger partial charge is 0.487 e. The van der Waals surface area contributed by atoms with Crippen LogP contribution in [0.2, 0.25) is 0 Å². The molecule has 1 fully saturated rings. The predicted molar refractivity (Wildman–Crippen MR) is 138 cm³/mol. The molecule has 200 valence electrons. The molecule has 1 atom stereocenters. The average Bonchev–Trinajstić information content (AvgIpc) is 3.30. The molecule has 0 saturated carbocycles. The highest BCUT2D eigenvalue weighted by Gasteiger charge is 2.41. The quantitative estimate of drug-likeness (QED) is 0.393. The number of halogens is 2. The van der Waals surface area contributed by atoms with Crippen LogP contribution in [0.5, 0.6) is 5.75 Å². The topological polar surface area (TPSA) is 109 Å². The molecule has 0 radical (unpaired) electrons. The Morgan fingerprint density at radius 2 is 1.74 bits per heavy atom. The van der Waals surface area contributed by atoms with Crippen LogP contribution in [0, 0.1) is 11.6 Å². The molecule has 0 bridgehead atoms. The molecule has 1 aliphatic rings. The monoisotopic (exact) mass is 524 g/mol. The molecule has 0 amide bonds. The van der Waals surface area contributed by atoms with Crippen molar-refractivity contribution in [2.24, 2.45) is 7.05 Å². The zero-order chi connectivity index (χ0) is 27.2. The lowest BCUT2D eigenvalue weighted by atomic mass is 9.84. The second-order valence-electron chi connectivity index (χ2n) is 10.4. The molecule has 1 saturated heterocycles. The summed E-state index contributed by atoms with van der Waals surface area (Å²) in [6, 6.07) is 4.94. The van der Waals surface area contributed by atoms with Crippen molar-refractivity contribution in [1.82, 2.24) is 24.7 Å². The molecule has 9 nitrogen and oxygen atoms in total. The molecule has 1 aromatic carbocycles. The number of hydrogen-bond acceptors (Lipinski definition) is 8. The van der Waals surface area contributed by atoms with E-state index < -0.39 is 22.8 Å². The molecule has 4 heterocycles. The van der Waals surface area contributed by atoms with Gasteiger partial charge in [-0.05, 0) is 39.0 Å². The summed E-state index contributed by atoms with van der Waals surface area (Å²) in [7, 11) is 1.82. The van der Waals surface area contributed by atoms with E-state index in [2.05, 4.69) is 15.0 Å². The van der Waals surface area contributed by atoms with Crippen LogP contribution in [0.3, 0.4) is 0 Å². The second-order valence-corrected chi connectivity index (χ2v) is 10.4. The molecule has 1 aliphatic heterocycles. The molecule has 0 spiro atoms. The van der Waals surface area contributed by atoms with Crippen LogP contribution < -0.4 is 9.64 Å². The van der Waals surface area contributed by atoms with E-state index in [9.17, 15) is 19.0 Å². The van der Waals surface area contributed by atoms with Crippen molar-refractivity contribution < 1.29 is 23.7 Å². The summed E-state index contributed by atoms with van der Waals surface area (Å²) < 4.78 is 34.8. The molecule has 11 heteroatoms. The van der Waals surface area contributed by atoms with Gasteiger partial charge >= 0.3 is 0 Å². The highest BCUT2D eigenvalue weighted by molar-refractivity contribution is 5.83. The first kappa shape index (κ1) is 25.9. The molecule has 5 rings (SSSR count). The number of aliphatic hydroxyl groups is 2. The molecule has 2 N–H and O–H groups in total. The molecule has 3 aromatic heterocycles. The van der Waals surface area contributed by atoms with Gasteiger partial charge in [-0.3, -0.25) is 9.67 Å². The van der Waals surface area contributed by atoms with E-state index in [1.165, 1.54) is 32.9 Å². The minimum atomic E-state index is -1.61. The Balaban J connectivity index is 1.47. The maximum absolute atomic E-state index is 14.1. The van der Waals surface area contributed by atoms with Gasteiger partial charge in [0.1, 0.15) is 28.7 Å². The highest BCUT2D eigenvalue weighted by atomic mass is 19.1. The second kappa shape index (κ2) is 9.55. The lowest BCUT2D eigenvalue weighted by molar-refractivity contribution is -0.127. The molecular weight excluding hydrogens is 494 g/mol. The van der Waals surface area contributed by atoms with Crippen molar-refractivity contribution in [3.63, 3.8) is 0 Å². The SMILES string of the molecule is Cn1cc(-c2nc3cnc([C@](C)(O)C(C)(C)O)cc3nc2N2CCC(Oc3ccc(F)cc3F)CC2)cn1. The van der Waals surface area contributed by atoms with Crippen molar-refractivity contribution >= 4 is 16.9 Å². The van der Waals surface area contributed by atoms with Crippen molar-refractivity contribution in [3.8, 4) is 17.0 Å². The average molecular weight is 525 g/mol. The molecule has 0 aliphatic carbocycles. The number of aryl methyl sites for hydroxylation is 1. The summed E-state index contributed by atoms with van der Waals surface area (Å²) in [5.41, 5.74) is -0.293. The van der Waals surface area contributed by atoms with E-state index >= 15 is 0 Å². The summed E-state index contributed by atoms with van der Waals surface area (Å²) in [6.45, 7) is 5.69. The number of pyridine rings is 1. The van der Waals surface area contributed by atoms with Gasteiger partial charge in [0.2, 0.25) is 0 Å².